The molecule has 0 saturated carbocycles. The van der Waals surface area contributed by atoms with Crippen LogP contribution in [0.2, 0.25) is 5.02 Å². The van der Waals surface area contributed by atoms with Gasteiger partial charge in [0.25, 0.3) is 5.91 Å². The van der Waals surface area contributed by atoms with Gasteiger partial charge < -0.3 is 14.5 Å². The maximum absolute atomic E-state index is 13.1. The fourth-order valence-electron chi connectivity index (χ4n) is 3.63. The summed E-state index contributed by atoms with van der Waals surface area (Å²) >= 11 is 7.66. The SMILES string of the molecule is CCc1ccc2nc(N3CCN(C(=O)C(C)(C)Oc4ccc(Cl)cc4)CC3)sc2c1. The summed E-state index contributed by atoms with van der Waals surface area (Å²) in [6, 6.07) is 13.6. The van der Waals surface area contributed by atoms with Crippen LogP contribution in [-0.2, 0) is 11.2 Å². The Bertz CT molecular complexity index is 1040. The zero-order valence-corrected chi connectivity index (χ0v) is 19.1. The van der Waals surface area contributed by atoms with E-state index in [0.717, 1.165) is 30.2 Å². The number of halogens is 1. The highest BCUT2D eigenvalue weighted by Gasteiger charge is 2.36. The van der Waals surface area contributed by atoms with Crippen LogP contribution in [0, 0.1) is 0 Å². The van der Waals surface area contributed by atoms with Crippen LogP contribution in [0.1, 0.15) is 26.3 Å². The van der Waals surface area contributed by atoms with Gasteiger partial charge in [0, 0.05) is 31.2 Å². The van der Waals surface area contributed by atoms with Crippen molar-refractivity contribution in [3.05, 3.63) is 53.1 Å². The molecule has 2 aromatic carbocycles. The van der Waals surface area contributed by atoms with Crippen LogP contribution in [0.5, 0.6) is 5.75 Å². The highest BCUT2D eigenvalue weighted by atomic mass is 35.5. The molecule has 0 bridgehead atoms. The van der Waals surface area contributed by atoms with Crippen molar-refractivity contribution in [1.29, 1.82) is 0 Å². The first-order valence-corrected chi connectivity index (χ1v) is 11.4. The number of amides is 1. The minimum atomic E-state index is -0.942. The number of ether oxygens (including phenoxy) is 1. The van der Waals surface area contributed by atoms with Crippen LogP contribution in [-0.4, -0.2) is 47.6 Å². The Morgan fingerprint density at radius 1 is 1.13 bits per heavy atom. The van der Waals surface area contributed by atoms with E-state index in [2.05, 4.69) is 30.0 Å². The Kier molecular flexibility index (Phi) is 5.89. The average Bonchev–Trinajstić information content (AvgIpc) is 3.18. The van der Waals surface area contributed by atoms with Gasteiger partial charge in [0.15, 0.2) is 10.7 Å². The average molecular weight is 444 g/mol. The predicted molar refractivity (Wildman–Crippen MR) is 124 cm³/mol. The molecule has 3 aromatic rings. The monoisotopic (exact) mass is 443 g/mol. The van der Waals surface area contributed by atoms with Crippen LogP contribution in [0.25, 0.3) is 10.2 Å². The Morgan fingerprint density at radius 2 is 1.83 bits per heavy atom. The smallest absolute Gasteiger partial charge is 0.266 e. The summed E-state index contributed by atoms with van der Waals surface area (Å²) in [6.07, 6.45) is 1.03. The van der Waals surface area contributed by atoms with Gasteiger partial charge in [-0.1, -0.05) is 35.9 Å². The Hall–Kier alpha value is -2.31. The fourth-order valence-corrected chi connectivity index (χ4v) is 4.84. The second kappa shape index (κ2) is 8.44. The van der Waals surface area contributed by atoms with Gasteiger partial charge in [0.1, 0.15) is 5.75 Å². The third-order valence-corrected chi connectivity index (χ3v) is 6.72. The molecule has 7 heteroatoms. The van der Waals surface area contributed by atoms with Crippen molar-refractivity contribution in [3.8, 4) is 5.75 Å². The maximum atomic E-state index is 13.1. The number of anilines is 1. The molecule has 1 aliphatic heterocycles. The van der Waals surface area contributed by atoms with Crippen molar-refractivity contribution in [2.24, 2.45) is 0 Å². The Labute approximate surface area is 186 Å². The van der Waals surface area contributed by atoms with E-state index in [0.29, 0.717) is 23.9 Å². The Morgan fingerprint density at radius 3 is 2.50 bits per heavy atom. The molecule has 0 atom stereocenters. The molecule has 1 fully saturated rings. The summed E-state index contributed by atoms with van der Waals surface area (Å²) < 4.78 is 7.19. The molecule has 4 rings (SSSR count). The molecule has 0 N–H and O–H groups in total. The molecule has 0 aliphatic carbocycles. The van der Waals surface area contributed by atoms with Crippen LogP contribution in [0.3, 0.4) is 0 Å². The lowest BCUT2D eigenvalue weighted by atomic mass is 10.1. The number of fused-ring (bicyclic) bond motifs is 1. The zero-order valence-electron chi connectivity index (χ0n) is 17.5. The van der Waals surface area contributed by atoms with E-state index in [1.807, 2.05) is 18.7 Å². The van der Waals surface area contributed by atoms with E-state index in [-0.39, 0.29) is 5.91 Å². The molecule has 158 valence electrons. The fraction of sp³-hybridized carbons (Fsp3) is 0.391. The van der Waals surface area contributed by atoms with Crippen LogP contribution < -0.4 is 9.64 Å². The highest BCUT2D eigenvalue weighted by molar-refractivity contribution is 7.22. The number of benzene rings is 2. The van der Waals surface area contributed by atoms with Crippen molar-refractivity contribution < 1.29 is 9.53 Å². The summed E-state index contributed by atoms with van der Waals surface area (Å²) in [5.74, 6) is 0.631. The van der Waals surface area contributed by atoms with Gasteiger partial charge in [-0.2, -0.15) is 0 Å². The van der Waals surface area contributed by atoms with E-state index in [4.69, 9.17) is 21.3 Å². The van der Waals surface area contributed by atoms with Gasteiger partial charge in [-0.15, -0.1) is 0 Å². The number of hydrogen-bond acceptors (Lipinski definition) is 5. The summed E-state index contributed by atoms with van der Waals surface area (Å²) in [5.41, 5.74) is 1.43. The maximum Gasteiger partial charge on any atom is 0.266 e. The number of thiazole rings is 1. The second-order valence-electron chi connectivity index (χ2n) is 8.00. The number of carbonyl (C=O) groups is 1. The van der Waals surface area contributed by atoms with Gasteiger partial charge >= 0.3 is 0 Å². The number of nitrogens with zero attached hydrogens (tertiary/aromatic N) is 3. The largest absolute Gasteiger partial charge is 0.478 e. The van der Waals surface area contributed by atoms with Crippen molar-refractivity contribution >= 4 is 44.2 Å². The van der Waals surface area contributed by atoms with E-state index in [9.17, 15) is 4.79 Å². The number of aromatic nitrogens is 1. The molecule has 5 nitrogen and oxygen atoms in total. The molecule has 1 aromatic heterocycles. The minimum Gasteiger partial charge on any atom is -0.478 e. The molecular weight excluding hydrogens is 418 g/mol. The number of aryl methyl sites for hydroxylation is 1. The summed E-state index contributed by atoms with van der Waals surface area (Å²) in [4.78, 5) is 22.0. The number of carbonyl (C=O) groups excluding carboxylic acids is 1. The van der Waals surface area contributed by atoms with Gasteiger partial charge in [-0.3, -0.25) is 4.79 Å². The number of rotatable bonds is 5. The lowest BCUT2D eigenvalue weighted by Crippen LogP contribution is -2.55. The summed E-state index contributed by atoms with van der Waals surface area (Å²) in [5, 5.41) is 1.67. The van der Waals surface area contributed by atoms with Crippen molar-refractivity contribution in [3.63, 3.8) is 0 Å². The molecular formula is C23H26ClN3O2S. The molecule has 2 heterocycles. The first-order chi connectivity index (χ1) is 14.4. The quantitative estimate of drug-likeness (QED) is 0.555. The van der Waals surface area contributed by atoms with E-state index >= 15 is 0 Å². The molecule has 0 radical (unpaired) electrons. The van der Waals surface area contributed by atoms with Crippen LogP contribution >= 0.6 is 22.9 Å². The molecule has 30 heavy (non-hydrogen) atoms. The number of hydrogen-bond donors (Lipinski definition) is 0. The number of piperazine rings is 1. The summed E-state index contributed by atoms with van der Waals surface area (Å²) in [6.45, 7) is 8.64. The van der Waals surface area contributed by atoms with Gasteiger partial charge in [-0.25, -0.2) is 4.98 Å². The highest BCUT2D eigenvalue weighted by Crippen LogP contribution is 2.31. The third-order valence-electron chi connectivity index (χ3n) is 5.39. The van der Waals surface area contributed by atoms with E-state index in [1.165, 1.54) is 10.3 Å². The van der Waals surface area contributed by atoms with Gasteiger partial charge in [0.2, 0.25) is 0 Å². The van der Waals surface area contributed by atoms with Crippen LogP contribution in [0.15, 0.2) is 42.5 Å². The van der Waals surface area contributed by atoms with Crippen molar-refractivity contribution in [2.75, 3.05) is 31.1 Å². The topological polar surface area (TPSA) is 45.7 Å². The minimum absolute atomic E-state index is 0.00557. The van der Waals surface area contributed by atoms with E-state index in [1.54, 1.807) is 35.6 Å². The molecule has 0 unspecified atom stereocenters. The standard InChI is InChI=1S/C23H26ClN3O2S/c1-4-16-5-10-19-20(15-16)30-22(25-19)27-13-11-26(12-14-27)21(28)23(2,3)29-18-8-6-17(24)7-9-18/h5-10,15H,4,11-14H2,1-3H3. The molecule has 1 amide bonds. The second-order valence-corrected chi connectivity index (χ2v) is 9.44. The summed E-state index contributed by atoms with van der Waals surface area (Å²) in [7, 11) is 0. The van der Waals surface area contributed by atoms with Gasteiger partial charge in [-0.05, 0) is 62.2 Å². The molecule has 0 spiro atoms. The lowest BCUT2D eigenvalue weighted by molar-refractivity contribution is -0.145. The van der Waals surface area contributed by atoms with Gasteiger partial charge in [0.05, 0.1) is 10.2 Å². The first-order valence-electron chi connectivity index (χ1n) is 10.2. The third kappa shape index (κ3) is 4.40. The van der Waals surface area contributed by atoms with Crippen LogP contribution in [0.4, 0.5) is 5.13 Å². The lowest BCUT2D eigenvalue weighted by Gasteiger charge is -2.38. The predicted octanol–water partition coefficient (Wildman–Crippen LogP) is 5.02. The van der Waals surface area contributed by atoms with E-state index < -0.39 is 5.60 Å². The molecule has 1 saturated heterocycles. The zero-order chi connectivity index (χ0) is 21.3. The normalized spacial score (nSPS) is 14.9. The van der Waals surface area contributed by atoms with Crippen molar-refractivity contribution in [1.82, 2.24) is 9.88 Å². The molecule has 1 aliphatic rings. The first kappa shape index (κ1) is 20.9. The Balaban J connectivity index is 1.39. The van der Waals surface area contributed by atoms with Crippen molar-refractivity contribution in [2.45, 2.75) is 32.8 Å².